The highest BCUT2D eigenvalue weighted by molar-refractivity contribution is 6.16. The van der Waals surface area contributed by atoms with E-state index in [4.69, 9.17) is 0 Å². The summed E-state index contributed by atoms with van der Waals surface area (Å²) in [5.74, 6) is -2.00. The largest absolute Gasteiger partial charge is 0.288 e. The number of aryl methyl sites for hydroxylation is 1. The van der Waals surface area contributed by atoms with E-state index in [0.717, 1.165) is 11.5 Å². The number of halogens is 2. The second kappa shape index (κ2) is 5.05. The summed E-state index contributed by atoms with van der Waals surface area (Å²) in [7, 11) is 0. The van der Waals surface area contributed by atoms with Crippen molar-refractivity contribution in [2.75, 3.05) is 0 Å². The molecular weight excluding hydrogens is 272 g/mol. The summed E-state index contributed by atoms with van der Waals surface area (Å²) in [5, 5.41) is 1.49. The van der Waals surface area contributed by atoms with Crippen molar-refractivity contribution in [2.24, 2.45) is 0 Å². The van der Waals surface area contributed by atoms with Gasteiger partial charge in [-0.2, -0.15) is 0 Å². The van der Waals surface area contributed by atoms with Gasteiger partial charge in [0.15, 0.2) is 5.78 Å². The molecule has 0 unspecified atom stereocenters. The zero-order valence-electron chi connectivity index (χ0n) is 11.2. The van der Waals surface area contributed by atoms with Gasteiger partial charge < -0.3 is 0 Å². The van der Waals surface area contributed by atoms with Crippen molar-refractivity contribution in [3.05, 3.63) is 77.1 Å². The van der Waals surface area contributed by atoms with Gasteiger partial charge in [0, 0.05) is 29.4 Å². The van der Waals surface area contributed by atoms with E-state index >= 15 is 0 Å². The molecule has 0 fully saturated rings. The Bertz CT molecular complexity index is 853. The van der Waals surface area contributed by atoms with E-state index in [1.165, 1.54) is 13.0 Å². The van der Waals surface area contributed by atoms with Crippen molar-refractivity contribution >= 4 is 16.6 Å². The third-order valence-electron chi connectivity index (χ3n) is 3.42. The normalized spacial score (nSPS) is 10.8. The van der Waals surface area contributed by atoms with E-state index in [2.05, 4.69) is 4.98 Å². The van der Waals surface area contributed by atoms with Crippen molar-refractivity contribution in [1.29, 1.82) is 0 Å². The van der Waals surface area contributed by atoms with Crippen LogP contribution in [-0.2, 0) is 0 Å². The minimum atomic E-state index is -0.857. The molecule has 3 aromatic rings. The molecule has 0 atom stereocenters. The molecule has 0 aliphatic rings. The first-order chi connectivity index (χ1) is 10.1. The Hall–Kier alpha value is -2.62. The monoisotopic (exact) mass is 283 g/mol. The quantitative estimate of drug-likeness (QED) is 0.664. The van der Waals surface area contributed by atoms with Gasteiger partial charge in [-0.1, -0.05) is 18.2 Å². The molecule has 3 rings (SSSR count). The number of hydrogen-bond acceptors (Lipinski definition) is 2. The number of hydrogen-bond donors (Lipinski definition) is 0. The topological polar surface area (TPSA) is 30.0 Å². The van der Waals surface area contributed by atoms with Crippen molar-refractivity contribution in [2.45, 2.75) is 6.92 Å². The lowest BCUT2D eigenvalue weighted by Gasteiger charge is -2.08. The van der Waals surface area contributed by atoms with E-state index < -0.39 is 17.4 Å². The lowest BCUT2D eigenvalue weighted by Crippen LogP contribution is -2.06. The average Bonchev–Trinajstić information content (AvgIpc) is 2.49. The number of ketones is 1. The van der Waals surface area contributed by atoms with Gasteiger partial charge in [0.05, 0.1) is 5.56 Å². The van der Waals surface area contributed by atoms with Crippen molar-refractivity contribution in [3.8, 4) is 0 Å². The fourth-order valence-corrected chi connectivity index (χ4v) is 2.29. The van der Waals surface area contributed by atoms with Crippen LogP contribution in [0.5, 0.6) is 0 Å². The van der Waals surface area contributed by atoms with Crippen molar-refractivity contribution in [1.82, 2.24) is 4.98 Å². The van der Waals surface area contributed by atoms with Gasteiger partial charge in [0.25, 0.3) is 0 Å². The van der Waals surface area contributed by atoms with Gasteiger partial charge in [-0.3, -0.25) is 9.78 Å². The number of carbonyl (C=O) groups is 1. The maximum Gasteiger partial charge on any atom is 0.196 e. The Morgan fingerprint density at radius 2 is 1.86 bits per heavy atom. The molecule has 0 saturated carbocycles. The fraction of sp³-hybridized carbons (Fsp3) is 0.0588. The smallest absolute Gasteiger partial charge is 0.196 e. The second-order valence-electron chi connectivity index (χ2n) is 4.81. The lowest BCUT2D eigenvalue weighted by atomic mass is 9.97. The maximum atomic E-state index is 13.9. The Labute approximate surface area is 120 Å². The van der Waals surface area contributed by atoms with Crippen LogP contribution in [0, 0.1) is 18.6 Å². The van der Waals surface area contributed by atoms with Crippen LogP contribution in [0.4, 0.5) is 8.78 Å². The molecule has 0 saturated heterocycles. The minimum Gasteiger partial charge on any atom is -0.288 e. The lowest BCUT2D eigenvalue weighted by molar-refractivity contribution is 0.103. The van der Waals surface area contributed by atoms with Gasteiger partial charge in [-0.05, 0) is 30.0 Å². The minimum absolute atomic E-state index is 0.134. The summed E-state index contributed by atoms with van der Waals surface area (Å²) in [6.07, 6.45) is 3.19. The van der Waals surface area contributed by atoms with E-state index in [0.29, 0.717) is 10.9 Å². The van der Waals surface area contributed by atoms with Crippen molar-refractivity contribution in [3.63, 3.8) is 0 Å². The predicted octanol–water partition coefficient (Wildman–Crippen LogP) is 4.05. The predicted molar refractivity (Wildman–Crippen MR) is 76.3 cm³/mol. The van der Waals surface area contributed by atoms with Crippen LogP contribution in [0.25, 0.3) is 10.8 Å². The van der Waals surface area contributed by atoms with Gasteiger partial charge in [-0.25, -0.2) is 8.78 Å². The molecule has 0 amide bonds. The molecule has 0 aliphatic carbocycles. The Morgan fingerprint density at radius 3 is 2.67 bits per heavy atom. The molecule has 0 radical (unpaired) electrons. The molecule has 0 aliphatic heterocycles. The second-order valence-corrected chi connectivity index (χ2v) is 4.81. The van der Waals surface area contributed by atoms with Crippen LogP contribution in [-0.4, -0.2) is 10.8 Å². The molecule has 1 aromatic heterocycles. The highest BCUT2D eigenvalue weighted by Crippen LogP contribution is 2.23. The SMILES string of the molecule is Cc1cc(C(=O)c2cccc3ccncc23)c(F)cc1F. The summed E-state index contributed by atoms with van der Waals surface area (Å²) in [4.78, 5) is 16.6. The van der Waals surface area contributed by atoms with E-state index in [1.54, 1.807) is 30.6 Å². The number of rotatable bonds is 2. The molecule has 0 spiro atoms. The summed E-state index contributed by atoms with van der Waals surface area (Å²) in [6.45, 7) is 1.50. The van der Waals surface area contributed by atoms with Gasteiger partial charge in [0.1, 0.15) is 11.6 Å². The average molecular weight is 283 g/mol. The van der Waals surface area contributed by atoms with Crippen molar-refractivity contribution < 1.29 is 13.6 Å². The zero-order valence-corrected chi connectivity index (χ0v) is 11.2. The molecule has 104 valence electrons. The standard InChI is InChI=1S/C17H11F2NO/c1-10-7-13(16(19)8-15(10)18)17(21)12-4-2-3-11-5-6-20-9-14(11)12/h2-9H,1H3. The first-order valence-corrected chi connectivity index (χ1v) is 6.41. The van der Waals surface area contributed by atoms with E-state index in [-0.39, 0.29) is 11.1 Å². The maximum absolute atomic E-state index is 13.9. The Morgan fingerprint density at radius 1 is 1.05 bits per heavy atom. The van der Waals surface area contributed by atoms with Crippen LogP contribution in [0.15, 0.2) is 48.8 Å². The fourth-order valence-electron chi connectivity index (χ4n) is 2.29. The van der Waals surface area contributed by atoms with Crippen LogP contribution < -0.4 is 0 Å². The number of pyridine rings is 1. The third-order valence-corrected chi connectivity index (χ3v) is 3.42. The number of benzene rings is 2. The Kier molecular flexibility index (Phi) is 3.22. The molecule has 4 heteroatoms. The first kappa shape index (κ1) is 13.4. The van der Waals surface area contributed by atoms with Crippen LogP contribution in [0.2, 0.25) is 0 Å². The highest BCUT2D eigenvalue weighted by atomic mass is 19.1. The molecule has 1 heterocycles. The molecule has 0 bridgehead atoms. The summed E-state index contributed by atoms with van der Waals surface area (Å²) in [6, 6.07) is 8.95. The molecule has 2 nitrogen and oxygen atoms in total. The number of nitrogens with zero attached hydrogens (tertiary/aromatic N) is 1. The zero-order chi connectivity index (χ0) is 15.0. The van der Waals surface area contributed by atoms with Gasteiger partial charge in [-0.15, -0.1) is 0 Å². The van der Waals surface area contributed by atoms with E-state index in [9.17, 15) is 13.6 Å². The number of fused-ring (bicyclic) bond motifs is 1. The molecule has 2 aromatic carbocycles. The molecular formula is C17H11F2NO. The molecule has 21 heavy (non-hydrogen) atoms. The molecule has 0 N–H and O–H groups in total. The Balaban J connectivity index is 2.20. The summed E-state index contributed by atoms with van der Waals surface area (Å²) >= 11 is 0. The third kappa shape index (κ3) is 2.29. The summed E-state index contributed by atoms with van der Waals surface area (Å²) in [5.41, 5.74) is 0.453. The first-order valence-electron chi connectivity index (χ1n) is 6.41. The van der Waals surface area contributed by atoms with Crippen LogP contribution >= 0.6 is 0 Å². The van der Waals surface area contributed by atoms with Crippen LogP contribution in [0.1, 0.15) is 21.5 Å². The van der Waals surface area contributed by atoms with Crippen LogP contribution in [0.3, 0.4) is 0 Å². The number of aromatic nitrogens is 1. The van der Waals surface area contributed by atoms with Gasteiger partial charge in [0.2, 0.25) is 0 Å². The summed E-state index contributed by atoms with van der Waals surface area (Å²) < 4.78 is 27.2. The van der Waals surface area contributed by atoms with E-state index in [1.807, 2.05) is 6.07 Å². The number of carbonyl (C=O) groups excluding carboxylic acids is 1. The van der Waals surface area contributed by atoms with Gasteiger partial charge >= 0.3 is 0 Å². The highest BCUT2D eigenvalue weighted by Gasteiger charge is 2.18.